The SMILES string of the molecule is c1cc2nc(CC3CCCCO3)[nH]c2cn1. The normalized spacial score (nSPS) is 21.4. The number of rotatable bonds is 2. The first-order valence-corrected chi connectivity index (χ1v) is 5.82. The van der Waals surface area contributed by atoms with Gasteiger partial charge in [-0.1, -0.05) is 0 Å². The lowest BCUT2D eigenvalue weighted by atomic mass is 10.1. The van der Waals surface area contributed by atoms with Crippen molar-refractivity contribution >= 4 is 11.0 Å². The second-order valence-electron chi connectivity index (χ2n) is 4.27. The van der Waals surface area contributed by atoms with E-state index in [1.54, 1.807) is 6.20 Å². The molecule has 2 aromatic rings. The van der Waals surface area contributed by atoms with Gasteiger partial charge in [0.05, 0.1) is 23.3 Å². The number of pyridine rings is 1. The highest BCUT2D eigenvalue weighted by atomic mass is 16.5. The quantitative estimate of drug-likeness (QED) is 0.837. The molecular weight excluding hydrogens is 202 g/mol. The molecule has 1 unspecified atom stereocenters. The maximum absolute atomic E-state index is 5.70. The Morgan fingerprint density at radius 2 is 2.44 bits per heavy atom. The van der Waals surface area contributed by atoms with E-state index in [2.05, 4.69) is 15.0 Å². The minimum Gasteiger partial charge on any atom is -0.378 e. The van der Waals surface area contributed by atoms with Gasteiger partial charge in [0.25, 0.3) is 0 Å². The molecule has 0 aliphatic carbocycles. The second-order valence-corrected chi connectivity index (χ2v) is 4.27. The van der Waals surface area contributed by atoms with E-state index in [0.29, 0.717) is 6.10 Å². The molecule has 2 aromatic heterocycles. The highest BCUT2D eigenvalue weighted by molar-refractivity contribution is 5.73. The number of aromatic nitrogens is 3. The van der Waals surface area contributed by atoms with E-state index in [-0.39, 0.29) is 0 Å². The lowest BCUT2D eigenvalue weighted by Gasteiger charge is -2.21. The van der Waals surface area contributed by atoms with E-state index in [9.17, 15) is 0 Å². The van der Waals surface area contributed by atoms with Crippen molar-refractivity contribution in [1.82, 2.24) is 15.0 Å². The van der Waals surface area contributed by atoms with E-state index in [4.69, 9.17) is 4.74 Å². The Labute approximate surface area is 94.1 Å². The number of ether oxygens (including phenoxy) is 1. The van der Waals surface area contributed by atoms with Crippen LogP contribution in [0.2, 0.25) is 0 Å². The predicted molar refractivity (Wildman–Crippen MR) is 61.2 cm³/mol. The van der Waals surface area contributed by atoms with Crippen LogP contribution in [0.25, 0.3) is 11.0 Å². The van der Waals surface area contributed by atoms with Crippen molar-refractivity contribution in [2.45, 2.75) is 31.8 Å². The third-order valence-electron chi connectivity index (χ3n) is 3.03. The molecule has 3 heterocycles. The molecule has 3 rings (SSSR count). The minimum atomic E-state index is 0.335. The number of nitrogens with one attached hydrogen (secondary N) is 1. The molecular formula is C12H15N3O. The number of nitrogens with zero attached hydrogens (tertiary/aromatic N) is 2. The van der Waals surface area contributed by atoms with Crippen LogP contribution in [0.15, 0.2) is 18.5 Å². The van der Waals surface area contributed by atoms with Crippen LogP contribution in [0.3, 0.4) is 0 Å². The smallest absolute Gasteiger partial charge is 0.109 e. The number of H-pyrrole nitrogens is 1. The maximum atomic E-state index is 5.70. The van der Waals surface area contributed by atoms with E-state index in [0.717, 1.165) is 36.3 Å². The van der Waals surface area contributed by atoms with Crippen LogP contribution in [-0.4, -0.2) is 27.7 Å². The molecule has 0 saturated carbocycles. The monoisotopic (exact) mass is 217 g/mol. The summed E-state index contributed by atoms with van der Waals surface area (Å²) in [6.45, 7) is 0.895. The number of fused-ring (bicyclic) bond motifs is 1. The third-order valence-corrected chi connectivity index (χ3v) is 3.03. The van der Waals surface area contributed by atoms with Crippen LogP contribution < -0.4 is 0 Å². The van der Waals surface area contributed by atoms with Gasteiger partial charge in [0.15, 0.2) is 0 Å². The van der Waals surface area contributed by atoms with Crippen LogP contribution in [0, 0.1) is 0 Å². The minimum absolute atomic E-state index is 0.335. The zero-order chi connectivity index (χ0) is 10.8. The summed E-state index contributed by atoms with van der Waals surface area (Å²) in [5, 5.41) is 0. The lowest BCUT2D eigenvalue weighted by molar-refractivity contribution is 0.0158. The van der Waals surface area contributed by atoms with Gasteiger partial charge in [0, 0.05) is 19.2 Å². The summed E-state index contributed by atoms with van der Waals surface area (Å²) in [5.74, 6) is 1.01. The van der Waals surface area contributed by atoms with Gasteiger partial charge in [-0.15, -0.1) is 0 Å². The Hall–Kier alpha value is -1.42. The van der Waals surface area contributed by atoms with Gasteiger partial charge < -0.3 is 9.72 Å². The highest BCUT2D eigenvalue weighted by Gasteiger charge is 2.16. The van der Waals surface area contributed by atoms with Crippen molar-refractivity contribution in [3.63, 3.8) is 0 Å². The standard InChI is InChI=1S/C12H15N3O/c1-2-6-16-9(3-1)7-12-14-10-4-5-13-8-11(10)15-12/h4-5,8-9H,1-3,6-7H2,(H,14,15). The molecule has 1 aliphatic rings. The molecule has 4 nitrogen and oxygen atoms in total. The average Bonchev–Trinajstić information content (AvgIpc) is 2.72. The van der Waals surface area contributed by atoms with Crippen molar-refractivity contribution < 1.29 is 4.74 Å². The van der Waals surface area contributed by atoms with E-state index in [1.165, 1.54) is 12.8 Å². The molecule has 1 aliphatic heterocycles. The molecule has 1 fully saturated rings. The summed E-state index contributed by atoms with van der Waals surface area (Å²) in [6.07, 6.45) is 8.41. The fourth-order valence-corrected chi connectivity index (χ4v) is 2.19. The van der Waals surface area contributed by atoms with Crippen molar-refractivity contribution in [1.29, 1.82) is 0 Å². The molecule has 0 aromatic carbocycles. The zero-order valence-electron chi connectivity index (χ0n) is 9.15. The molecule has 1 saturated heterocycles. The van der Waals surface area contributed by atoms with Crippen LogP contribution in [0.4, 0.5) is 0 Å². The van der Waals surface area contributed by atoms with Gasteiger partial charge in [-0.3, -0.25) is 4.98 Å². The Kier molecular flexibility index (Phi) is 2.58. The first-order valence-electron chi connectivity index (χ1n) is 5.82. The van der Waals surface area contributed by atoms with Crippen LogP contribution in [0.5, 0.6) is 0 Å². The Balaban J connectivity index is 1.78. The van der Waals surface area contributed by atoms with E-state index >= 15 is 0 Å². The molecule has 0 bridgehead atoms. The zero-order valence-corrected chi connectivity index (χ0v) is 9.15. The number of hydrogen-bond acceptors (Lipinski definition) is 3. The van der Waals surface area contributed by atoms with Gasteiger partial charge in [-0.05, 0) is 25.3 Å². The molecule has 0 amide bonds. The summed E-state index contributed by atoms with van der Waals surface area (Å²) in [4.78, 5) is 11.9. The highest BCUT2D eigenvalue weighted by Crippen LogP contribution is 2.17. The summed E-state index contributed by atoms with van der Waals surface area (Å²) in [5.41, 5.74) is 1.99. The van der Waals surface area contributed by atoms with Gasteiger partial charge in [0.1, 0.15) is 5.82 Å². The summed E-state index contributed by atoms with van der Waals surface area (Å²) in [6, 6.07) is 1.93. The molecule has 1 atom stereocenters. The van der Waals surface area contributed by atoms with E-state index < -0.39 is 0 Å². The van der Waals surface area contributed by atoms with Gasteiger partial charge in [0.2, 0.25) is 0 Å². The number of hydrogen-bond donors (Lipinski definition) is 1. The van der Waals surface area contributed by atoms with Gasteiger partial charge in [-0.25, -0.2) is 4.98 Å². The van der Waals surface area contributed by atoms with E-state index in [1.807, 2.05) is 12.3 Å². The van der Waals surface area contributed by atoms with Crippen molar-refractivity contribution in [2.75, 3.05) is 6.61 Å². The molecule has 0 radical (unpaired) electrons. The average molecular weight is 217 g/mol. The molecule has 4 heteroatoms. The molecule has 16 heavy (non-hydrogen) atoms. The fourth-order valence-electron chi connectivity index (χ4n) is 2.19. The van der Waals surface area contributed by atoms with Crippen LogP contribution >= 0.6 is 0 Å². The first-order chi connectivity index (χ1) is 7.92. The van der Waals surface area contributed by atoms with Gasteiger partial charge in [-0.2, -0.15) is 0 Å². The fraction of sp³-hybridized carbons (Fsp3) is 0.500. The molecule has 0 spiro atoms. The van der Waals surface area contributed by atoms with Crippen molar-refractivity contribution in [3.8, 4) is 0 Å². The topological polar surface area (TPSA) is 50.8 Å². The first kappa shape index (κ1) is 9.78. The Bertz CT molecular complexity index is 441. The molecule has 1 N–H and O–H groups in total. The number of imidazole rings is 1. The summed E-state index contributed by atoms with van der Waals surface area (Å²) < 4.78 is 5.70. The van der Waals surface area contributed by atoms with Gasteiger partial charge >= 0.3 is 0 Å². The Morgan fingerprint density at radius 1 is 1.44 bits per heavy atom. The third kappa shape index (κ3) is 1.93. The summed E-state index contributed by atoms with van der Waals surface area (Å²) >= 11 is 0. The lowest BCUT2D eigenvalue weighted by Crippen LogP contribution is -2.21. The maximum Gasteiger partial charge on any atom is 0.109 e. The largest absolute Gasteiger partial charge is 0.378 e. The van der Waals surface area contributed by atoms with Crippen molar-refractivity contribution in [2.24, 2.45) is 0 Å². The predicted octanol–water partition coefficient (Wildman–Crippen LogP) is 2.07. The van der Waals surface area contributed by atoms with Crippen LogP contribution in [-0.2, 0) is 11.2 Å². The number of aromatic amines is 1. The van der Waals surface area contributed by atoms with Crippen molar-refractivity contribution in [3.05, 3.63) is 24.3 Å². The van der Waals surface area contributed by atoms with Crippen LogP contribution in [0.1, 0.15) is 25.1 Å². The second kappa shape index (κ2) is 4.22. The summed E-state index contributed by atoms with van der Waals surface area (Å²) in [7, 11) is 0. The Morgan fingerprint density at radius 3 is 3.25 bits per heavy atom. The molecule has 84 valence electrons.